The van der Waals surface area contributed by atoms with Gasteiger partial charge in [0.05, 0.1) is 36.6 Å². The third-order valence-corrected chi connectivity index (χ3v) is 5.27. The number of hydrogen-bond acceptors (Lipinski definition) is 6. The van der Waals surface area contributed by atoms with Gasteiger partial charge in [-0.25, -0.2) is 9.18 Å². The molecule has 9 heteroatoms. The number of cyclic esters (lactones) is 1. The average Bonchev–Trinajstić information content (AvgIpc) is 3.09. The number of amides is 2. The number of benzene rings is 1. The Morgan fingerprint density at radius 2 is 2.20 bits per heavy atom. The van der Waals surface area contributed by atoms with Crippen LogP contribution >= 0.6 is 0 Å². The predicted molar refractivity (Wildman–Crippen MR) is 107 cm³/mol. The third kappa shape index (κ3) is 4.69. The minimum absolute atomic E-state index is 0.0908. The number of carbonyl (C=O) groups is 2. The van der Waals surface area contributed by atoms with Crippen molar-refractivity contribution >= 4 is 23.4 Å². The summed E-state index contributed by atoms with van der Waals surface area (Å²) in [5.74, 6) is -0.722. The monoisotopic (exact) mass is 411 g/mol. The van der Waals surface area contributed by atoms with Crippen LogP contribution in [0.2, 0.25) is 0 Å². The van der Waals surface area contributed by atoms with Crippen LogP contribution in [0.15, 0.2) is 29.8 Å². The van der Waals surface area contributed by atoms with Crippen molar-refractivity contribution < 1.29 is 18.7 Å². The van der Waals surface area contributed by atoms with E-state index in [9.17, 15) is 14.0 Å². The smallest absolute Gasteiger partial charge is 0.414 e. The Balaban J connectivity index is 1.65. The summed E-state index contributed by atoms with van der Waals surface area (Å²) in [6, 6.07) is 8.42. The van der Waals surface area contributed by atoms with Gasteiger partial charge in [-0.3, -0.25) is 9.69 Å². The first-order valence-electron chi connectivity index (χ1n) is 9.67. The van der Waals surface area contributed by atoms with E-state index in [1.54, 1.807) is 24.3 Å². The number of carbonyl (C=O) groups excluding carboxylic acids is 2. The second-order valence-electron chi connectivity index (χ2n) is 7.34. The van der Waals surface area contributed by atoms with Crippen LogP contribution in [0.1, 0.15) is 19.8 Å². The van der Waals surface area contributed by atoms with Gasteiger partial charge in [-0.1, -0.05) is 12.5 Å². The minimum atomic E-state index is -0.612. The number of anilines is 2. The van der Waals surface area contributed by atoms with Gasteiger partial charge in [0.2, 0.25) is 5.91 Å². The quantitative estimate of drug-likeness (QED) is 0.746. The van der Waals surface area contributed by atoms with Crippen molar-refractivity contribution in [1.82, 2.24) is 5.32 Å². The highest BCUT2D eigenvalue weighted by Crippen LogP contribution is 2.31. The molecule has 0 bridgehead atoms. The van der Waals surface area contributed by atoms with Gasteiger partial charge in [0.1, 0.15) is 18.3 Å². The molecular formula is C21H22FN5O3. The molecule has 156 valence electrons. The molecule has 0 radical (unpaired) electrons. The van der Waals surface area contributed by atoms with E-state index in [0.717, 1.165) is 5.57 Å². The van der Waals surface area contributed by atoms with Gasteiger partial charge in [0, 0.05) is 19.2 Å². The number of allylic oxidation sites excluding steroid dienone is 1. The number of hydrogen-bond donors (Lipinski definition) is 1. The van der Waals surface area contributed by atoms with E-state index in [0.29, 0.717) is 30.9 Å². The maximum atomic E-state index is 14.8. The number of ether oxygens (including phenoxy) is 1. The molecule has 2 aliphatic heterocycles. The Labute approximate surface area is 174 Å². The highest BCUT2D eigenvalue weighted by Gasteiger charge is 2.33. The Bertz CT molecular complexity index is 949. The standard InChI is InChI=1S/C21H22FN5O3/c1-14-12-26(9-6-15(14)4-7-23)19-3-2-16(10-18(19)22)27-13-17(30-21(27)29)11-25-20(28)5-8-24/h2-4,10,14,17H,5-6,9,11-13H2,1H3,(H,25,28). The number of rotatable bonds is 5. The lowest BCUT2D eigenvalue weighted by Gasteiger charge is -2.34. The molecule has 2 aliphatic rings. The molecule has 0 spiro atoms. The number of nitrogens with one attached hydrogen (secondary N) is 1. The molecular weight excluding hydrogens is 389 g/mol. The van der Waals surface area contributed by atoms with E-state index >= 15 is 0 Å². The molecule has 1 aromatic carbocycles. The zero-order valence-electron chi connectivity index (χ0n) is 16.6. The van der Waals surface area contributed by atoms with Gasteiger partial charge in [0.15, 0.2) is 0 Å². The molecule has 2 fully saturated rings. The first-order chi connectivity index (χ1) is 14.4. The van der Waals surface area contributed by atoms with Crippen molar-refractivity contribution in [3.63, 3.8) is 0 Å². The summed E-state index contributed by atoms with van der Waals surface area (Å²) in [7, 11) is 0. The normalized spacial score (nSPS) is 22.4. The second kappa shape index (κ2) is 9.27. The molecule has 0 aromatic heterocycles. The Kier molecular flexibility index (Phi) is 6.53. The third-order valence-electron chi connectivity index (χ3n) is 5.27. The highest BCUT2D eigenvalue weighted by atomic mass is 19.1. The topological polar surface area (TPSA) is 109 Å². The summed E-state index contributed by atoms with van der Waals surface area (Å²) in [6.07, 6.45) is 0.823. The van der Waals surface area contributed by atoms with Gasteiger partial charge in [-0.2, -0.15) is 10.5 Å². The summed E-state index contributed by atoms with van der Waals surface area (Å²) in [6.45, 7) is 3.50. The lowest BCUT2D eigenvalue weighted by molar-refractivity contribution is -0.120. The van der Waals surface area contributed by atoms with E-state index < -0.39 is 23.9 Å². The molecule has 30 heavy (non-hydrogen) atoms. The predicted octanol–water partition coefficient (Wildman–Crippen LogP) is 2.48. The molecule has 2 unspecified atom stereocenters. The van der Waals surface area contributed by atoms with Gasteiger partial charge in [-0.05, 0) is 30.5 Å². The van der Waals surface area contributed by atoms with Gasteiger partial charge in [-0.15, -0.1) is 0 Å². The first kappa shape index (κ1) is 21.1. The summed E-state index contributed by atoms with van der Waals surface area (Å²) in [5, 5.41) is 19.9. The molecule has 1 N–H and O–H groups in total. The molecule has 2 saturated heterocycles. The largest absolute Gasteiger partial charge is 0.442 e. The molecule has 2 amide bonds. The number of nitrogens with zero attached hydrogens (tertiary/aromatic N) is 4. The van der Waals surface area contributed by atoms with Crippen molar-refractivity contribution in [1.29, 1.82) is 10.5 Å². The Morgan fingerprint density at radius 3 is 2.87 bits per heavy atom. The minimum Gasteiger partial charge on any atom is -0.442 e. The van der Waals surface area contributed by atoms with Crippen LogP contribution in [0.4, 0.5) is 20.6 Å². The van der Waals surface area contributed by atoms with Crippen LogP contribution in [-0.2, 0) is 9.53 Å². The Hall–Kier alpha value is -3.59. The summed E-state index contributed by atoms with van der Waals surface area (Å²) in [5.41, 5.74) is 1.90. The fourth-order valence-electron chi connectivity index (χ4n) is 3.69. The number of piperidine rings is 1. The van der Waals surface area contributed by atoms with Crippen LogP contribution in [0.25, 0.3) is 0 Å². The Morgan fingerprint density at radius 1 is 1.40 bits per heavy atom. The summed E-state index contributed by atoms with van der Waals surface area (Å²) >= 11 is 0. The van der Waals surface area contributed by atoms with Gasteiger partial charge in [0.25, 0.3) is 0 Å². The first-order valence-corrected chi connectivity index (χ1v) is 9.67. The van der Waals surface area contributed by atoms with Crippen molar-refractivity contribution in [3.8, 4) is 12.1 Å². The molecule has 0 saturated carbocycles. The molecule has 3 rings (SSSR count). The highest BCUT2D eigenvalue weighted by molar-refractivity contribution is 5.90. The fraction of sp³-hybridized carbons (Fsp3) is 0.429. The van der Waals surface area contributed by atoms with E-state index in [4.69, 9.17) is 15.3 Å². The summed E-state index contributed by atoms with van der Waals surface area (Å²) < 4.78 is 20.1. The molecule has 2 heterocycles. The van der Waals surface area contributed by atoms with Crippen LogP contribution in [0, 0.1) is 34.4 Å². The molecule has 1 aromatic rings. The zero-order valence-corrected chi connectivity index (χ0v) is 16.6. The van der Waals surface area contributed by atoms with E-state index in [-0.39, 0.29) is 25.4 Å². The zero-order chi connectivity index (χ0) is 21.7. The molecule has 2 atom stereocenters. The maximum Gasteiger partial charge on any atom is 0.414 e. The second-order valence-corrected chi connectivity index (χ2v) is 7.34. The van der Waals surface area contributed by atoms with Crippen molar-refractivity contribution in [2.45, 2.75) is 25.9 Å². The molecule has 8 nitrogen and oxygen atoms in total. The van der Waals surface area contributed by atoms with Gasteiger partial charge >= 0.3 is 6.09 Å². The number of nitriles is 2. The van der Waals surface area contributed by atoms with Crippen molar-refractivity contribution in [2.24, 2.45) is 5.92 Å². The lowest BCUT2D eigenvalue weighted by Crippen LogP contribution is -2.36. The molecule has 0 aliphatic carbocycles. The SMILES string of the molecule is CC1CN(c2ccc(N3CC(CNC(=O)CC#N)OC3=O)cc2F)CCC1=CC#N. The number of halogens is 1. The summed E-state index contributed by atoms with van der Waals surface area (Å²) in [4.78, 5) is 26.8. The fourth-order valence-corrected chi connectivity index (χ4v) is 3.69. The average molecular weight is 411 g/mol. The van der Waals surface area contributed by atoms with Crippen LogP contribution in [0.5, 0.6) is 0 Å². The van der Waals surface area contributed by atoms with Crippen molar-refractivity contribution in [2.75, 3.05) is 36.0 Å². The maximum absolute atomic E-state index is 14.8. The van der Waals surface area contributed by atoms with Crippen molar-refractivity contribution in [3.05, 3.63) is 35.7 Å². The van der Waals surface area contributed by atoms with Gasteiger partial charge < -0.3 is 15.0 Å². The van der Waals surface area contributed by atoms with E-state index in [1.165, 1.54) is 11.0 Å². The van der Waals surface area contributed by atoms with Crippen LogP contribution < -0.4 is 15.1 Å². The van der Waals surface area contributed by atoms with E-state index in [2.05, 4.69) is 11.4 Å². The van der Waals surface area contributed by atoms with Crippen LogP contribution in [0.3, 0.4) is 0 Å². The van der Waals surface area contributed by atoms with E-state index in [1.807, 2.05) is 11.8 Å². The van der Waals surface area contributed by atoms with Crippen LogP contribution in [-0.4, -0.2) is 44.3 Å². The lowest BCUT2D eigenvalue weighted by atomic mass is 9.92.